The molecule has 0 radical (unpaired) electrons. The van der Waals surface area contributed by atoms with Crippen LogP contribution in [0.15, 0.2) is 36.7 Å². The molecule has 0 saturated carbocycles. The van der Waals surface area contributed by atoms with Crippen molar-refractivity contribution in [2.24, 2.45) is 0 Å². The lowest BCUT2D eigenvalue weighted by atomic mass is 10.2. The maximum atomic E-state index is 13.6. The van der Waals surface area contributed by atoms with Gasteiger partial charge in [-0.25, -0.2) is 13.4 Å². The van der Waals surface area contributed by atoms with Crippen molar-refractivity contribution in [2.45, 2.75) is 24.6 Å². The van der Waals surface area contributed by atoms with Crippen LogP contribution in [0.4, 0.5) is 4.39 Å². The van der Waals surface area contributed by atoms with E-state index in [9.17, 15) is 12.8 Å². The average Bonchev–Trinajstić information content (AvgIpc) is 3.07. The molecule has 1 aromatic carbocycles. The Kier molecular flexibility index (Phi) is 3.77. The zero-order valence-corrected chi connectivity index (χ0v) is 12.2. The fourth-order valence-electron chi connectivity index (χ4n) is 2.75. The van der Waals surface area contributed by atoms with Crippen LogP contribution in [0.2, 0.25) is 0 Å². The van der Waals surface area contributed by atoms with Crippen molar-refractivity contribution in [3.8, 4) is 0 Å². The summed E-state index contributed by atoms with van der Waals surface area (Å²) in [6.07, 6.45) is 2.58. The number of hydrogen-bond donors (Lipinski definition) is 1. The van der Waals surface area contributed by atoms with Crippen LogP contribution in [0.3, 0.4) is 0 Å². The van der Waals surface area contributed by atoms with E-state index in [1.54, 1.807) is 24.3 Å². The molecule has 1 saturated heterocycles. The molecule has 1 unspecified atom stereocenters. The van der Waals surface area contributed by atoms with Gasteiger partial charge in [-0.05, 0) is 18.4 Å². The number of nitrogens with zero attached hydrogens (tertiary/aromatic N) is 2. The SMILES string of the molecule is O=S(=O)(Cc1ccccc1)N1CCCC1c1[nH]cnc1F. The fraction of sp³-hybridized carbons (Fsp3) is 0.357. The van der Waals surface area contributed by atoms with Gasteiger partial charge in [-0.3, -0.25) is 0 Å². The molecule has 1 aliphatic heterocycles. The highest BCUT2D eigenvalue weighted by molar-refractivity contribution is 7.88. The largest absolute Gasteiger partial charge is 0.345 e. The zero-order chi connectivity index (χ0) is 14.9. The summed E-state index contributed by atoms with van der Waals surface area (Å²) in [5, 5.41) is 0. The maximum absolute atomic E-state index is 13.6. The Bertz CT molecular complexity index is 715. The summed E-state index contributed by atoms with van der Waals surface area (Å²) in [7, 11) is -3.49. The zero-order valence-electron chi connectivity index (χ0n) is 11.4. The van der Waals surface area contributed by atoms with Gasteiger partial charge in [0.1, 0.15) is 0 Å². The molecule has 1 N–H and O–H groups in total. The molecule has 1 aliphatic rings. The molecule has 21 heavy (non-hydrogen) atoms. The third-order valence-corrected chi connectivity index (χ3v) is 5.56. The summed E-state index contributed by atoms with van der Waals surface area (Å²) in [6.45, 7) is 0.415. The Balaban J connectivity index is 1.86. The van der Waals surface area contributed by atoms with Gasteiger partial charge in [0.2, 0.25) is 16.0 Å². The molecule has 0 spiro atoms. The van der Waals surface area contributed by atoms with E-state index in [0.29, 0.717) is 13.0 Å². The standard InChI is InChI=1S/C14H16FN3O2S/c15-14-13(16-10-17-14)12-7-4-8-18(12)21(19,20)9-11-5-2-1-3-6-11/h1-3,5-6,10,12H,4,7-9H2,(H,16,17). The molecule has 7 heteroatoms. The number of aromatic nitrogens is 2. The van der Waals surface area contributed by atoms with Crippen molar-refractivity contribution in [1.29, 1.82) is 0 Å². The molecule has 2 heterocycles. The molecule has 3 rings (SSSR count). The van der Waals surface area contributed by atoms with Crippen LogP contribution in [0.25, 0.3) is 0 Å². The topological polar surface area (TPSA) is 66.1 Å². The monoisotopic (exact) mass is 309 g/mol. The highest BCUT2D eigenvalue weighted by atomic mass is 32.2. The Morgan fingerprint density at radius 3 is 2.76 bits per heavy atom. The molecule has 1 fully saturated rings. The quantitative estimate of drug-likeness (QED) is 0.941. The minimum Gasteiger partial charge on any atom is -0.345 e. The van der Waals surface area contributed by atoms with E-state index in [2.05, 4.69) is 9.97 Å². The van der Waals surface area contributed by atoms with E-state index in [0.717, 1.165) is 12.0 Å². The van der Waals surface area contributed by atoms with E-state index in [1.807, 2.05) is 6.07 Å². The minimum absolute atomic E-state index is 0.0693. The molecule has 5 nitrogen and oxygen atoms in total. The van der Waals surface area contributed by atoms with Gasteiger partial charge in [-0.1, -0.05) is 30.3 Å². The van der Waals surface area contributed by atoms with E-state index < -0.39 is 22.0 Å². The molecule has 0 bridgehead atoms. The highest BCUT2D eigenvalue weighted by Gasteiger charge is 2.37. The van der Waals surface area contributed by atoms with Gasteiger partial charge < -0.3 is 4.98 Å². The fourth-order valence-corrected chi connectivity index (χ4v) is 4.54. The average molecular weight is 309 g/mol. The third kappa shape index (κ3) is 2.84. The maximum Gasteiger partial charge on any atom is 0.235 e. The predicted molar refractivity (Wildman–Crippen MR) is 76.3 cm³/mol. The summed E-state index contributed by atoms with van der Waals surface area (Å²) in [5.74, 6) is -0.693. The second-order valence-corrected chi connectivity index (χ2v) is 7.04. The number of H-pyrrole nitrogens is 1. The van der Waals surface area contributed by atoms with Gasteiger partial charge in [0.15, 0.2) is 0 Å². The minimum atomic E-state index is -3.49. The normalized spacial score (nSPS) is 20.0. The number of nitrogens with one attached hydrogen (secondary N) is 1. The van der Waals surface area contributed by atoms with Crippen LogP contribution < -0.4 is 0 Å². The highest BCUT2D eigenvalue weighted by Crippen LogP contribution is 2.35. The summed E-state index contributed by atoms with van der Waals surface area (Å²) in [6, 6.07) is 8.52. The second kappa shape index (κ2) is 5.57. The third-order valence-electron chi connectivity index (χ3n) is 3.71. The van der Waals surface area contributed by atoms with Gasteiger partial charge in [0.05, 0.1) is 23.8 Å². The van der Waals surface area contributed by atoms with Crippen LogP contribution in [-0.2, 0) is 15.8 Å². The number of sulfonamides is 1. The number of imidazole rings is 1. The summed E-state index contributed by atoms with van der Waals surface area (Å²) < 4.78 is 40.2. The Morgan fingerprint density at radius 1 is 1.33 bits per heavy atom. The van der Waals surface area contributed by atoms with Gasteiger partial charge in [-0.15, -0.1) is 0 Å². The van der Waals surface area contributed by atoms with Crippen LogP contribution in [0.5, 0.6) is 0 Å². The Morgan fingerprint density at radius 2 is 2.10 bits per heavy atom. The van der Waals surface area contributed by atoms with E-state index in [4.69, 9.17) is 0 Å². The van der Waals surface area contributed by atoms with Crippen molar-refractivity contribution < 1.29 is 12.8 Å². The van der Waals surface area contributed by atoms with Crippen molar-refractivity contribution in [2.75, 3.05) is 6.54 Å². The first-order chi connectivity index (χ1) is 10.1. The van der Waals surface area contributed by atoms with Gasteiger partial charge in [0.25, 0.3) is 0 Å². The van der Waals surface area contributed by atoms with Crippen LogP contribution >= 0.6 is 0 Å². The molecular formula is C14H16FN3O2S. The number of hydrogen-bond acceptors (Lipinski definition) is 3. The summed E-state index contributed by atoms with van der Waals surface area (Å²) in [5.41, 5.74) is 0.984. The first-order valence-electron chi connectivity index (χ1n) is 6.80. The first kappa shape index (κ1) is 14.2. The summed E-state index contributed by atoms with van der Waals surface area (Å²) >= 11 is 0. The van der Waals surface area contributed by atoms with Crippen LogP contribution in [-0.4, -0.2) is 29.2 Å². The smallest absolute Gasteiger partial charge is 0.235 e. The molecule has 0 amide bonds. The molecule has 1 atom stereocenters. The Labute approximate surface area is 122 Å². The van der Waals surface area contributed by atoms with Crippen LogP contribution in [0, 0.1) is 5.95 Å². The van der Waals surface area contributed by atoms with Gasteiger partial charge >= 0.3 is 0 Å². The van der Waals surface area contributed by atoms with Crippen molar-refractivity contribution in [1.82, 2.24) is 14.3 Å². The van der Waals surface area contributed by atoms with Crippen molar-refractivity contribution >= 4 is 10.0 Å². The lowest BCUT2D eigenvalue weighted by Crippen LogP contribution is -2.32. The van der Waals surface area contributed by atoms with E-state index >= 15 is 0 Å². The van der Waals surface area contributed by atoms with Crippen molar-refractivity contribution in [3.05, 3.63) is 53.9 Å². The summed E-state index contributed by atoms with van der Waals surface area (Å²) in [4.78, 5) is 6.24. The number of halogens is 1. The van der Waals surface area contributed by atoms with Crippen LogP contribution in [0.1, 0.15) is 30.1 Å². The number of rotatable bonds is 4. The lowest BCUT2D eigenvalue weighted by Gasteiger charge is -2.23. The van der Waals surface area contributed by atoms with Crippen molar-refractivity contribution in [3.63, 3.8) is 0 Å². The lowest BCUT2D eigenvalue weighted by molar-refractivity contribution is 0.378. The van der Waals surface area contributed by atoms with E-state index in [1.165, 1.54) is 10.6 Å². The van der Waals surface area contributed by atoms with E-state index in [-0.39, 0.29) is 11.4 Å². The molecule has 2 aromatic rings. The second-order valence-electron chi connectivity index (χ2n) is 5.12. The molecule has 1 aromatic heterocycles. The Hall–Kier alpha value is -1.73. The molecular weight excluding hydrogens is 293 g/mol. The van der Waals surface area contributed by atoms with Gasteiger partial charge in [-0.2, -0.15) is 8.70 Å². The number of benzene rings is 1. The van der Waals surface area contributed by atoms with Gasteiger partial charge in [0, 0.05) is 6.54 Å². The first-order valence-corrected chi connectivity index (χ1v) is 8.41. The predicted octanol–water partition coefficient (Wildman–Crippen LogP) is 2.22. The molecule has 0 aliphatic carbocycles. The molecule has 112 valence electrons. The number of aromatic amines is 1.